The molecule has 17 heavy (non-hydrogen) atoms. The van der Waals surface area contributed by atoms with Gasteiger partial charge in [0.1, 0.15) is 5.76 Å². The highest BCUT2D eigenvalue weighted by molar-refractivity contribution is 9.10. The highest BCUT2D eigenvalue weighted by atomic mass is 79.9. The number of halogens is 1. The zero-order valence-electron chi connectivity index (χ0n) is 9.66. The quantitative estimate of drug-likeness (QED) is 0.914. The summed E-state index contributed by atoms with van der Waals surface area (Å²) in [6.45, 7) is 1.75. The van der Waals surface area contributed by atoms with E-state index < -0.39 is 6.04 Å². The molecule has 1 heterocycles. The number of methoxy groups -OCH3 is 1. The summed E-state index contributed by atoms with van der Waals surface area (Å²) in [6, 6.07) is 3.25. The van der Waals surface area contributed by atoms with E-state index in [2.05, 4.69) is 15.9 Å². The van der Waals surface area contributed by atoms with E-state index in [0.717, 1.165) is 21.2 Å². The summed E-state index contributed by atoms with van der Waals surface area (Å²) >= 11 is 3.49. The fraction of sp³-hybridized carbons (Fsp3) is 0.333. The van der Waals surface area contributed by atoms with Gasteiger partial charge in [0, 0.05) is 9.86 Å². The van der Waals surface area contributed by atoms with Crippen molar-refractivity contribution >= 4 is 26.9 Å². The van der Waals surface area contributed by atoms with Crippen LogP contribution in [0.2, 0.25) is 0 Å². The second-order valence-corrected chi connectivity index (χ2v) is 4.66. The lowest BCUT2D eigenvalue weighted by molar-refractivity contribution is 0.267. The zero-order valence-corrected chi connectivity index (χ0v) is 11.2. The van der Waals surface area contributed by atoms with Crippen LogP contribution in [0.1, 0.15) is 17.4 Å². The number of rotatable bonds is 3. The van der Waals surface area contributed by atoms with Crippen LogP contribution in [0.3, 0.4) is 0 Å². The Morgan fingerprint density at radius 2 is 2.24 bits per heavy atom. The van der Waals surface area contributed by atoms with Crippen LogP contribution in [-0.4, -0.2) is 18.8 Å². The van der Waals surface area contributed by atoms with Crippen LogP contribution >= 0.6 is 15.9 Å². The first kappa shape index (κ1) is 12.4. The molecule has 2 aromatic rings. The predicted octanol–water partition coefficient (Wildman–Crippen LogP) is 2.50. The van der Waals surface area contributed by atoms with Crippen LogP contribution in [0, 0.1) is 6.92 Å². The molecule has 0 amide bonds. The molecule has 0 aliphatic heterocycles. The zero-order chi connectivity index (χ0) is 12.6. The SMILES string of the molecule is COc1cc(C(N)CO)c(Br)c2cc(C)oc12. The number of nitrogens with two attached hydrogens (primary N) is 1. The van der Waals surface area contributed by atoms with Crippen molar-refractivity contribution in [1.82, 2.24) is 0 Å². The van der Waals surface area contributed by atoms with Gasteiger partial charge in [-0.15, -0.1) is 0 Å². The van der Waals surface area contributed by atoms with E-state index in [1.807, 2.05) is 13.0 Å². The number of benzene rings is 1. The molecule has 1 aromatic carbocycles. The average molecular weight is 300 g/mol. The van der Waals surface area contributed by atoms with Gasteiger partial charge in [0.25, 0.3) is 0 Å². The average Bonchev–Trinajstić information content (AvgIpc) is 2.71. The van der Waals surface area contributed by atoms with E-state index in [1.165, 1.54) is 0 Å². The van der Waals surface area contributed by atoms with Crippen molar-refractivity contribution in [2.75, 3.05) is 13.7 Å². The third-order valence-electron chi connectivity index (χ3n) is 2.67. The Balaban J connectivity index is 2.75. The van der Waals surface area contributed by atoms with Crippen LogP contribution in [0.15, 0.2) is 21.0 Å². The molecule has 1 atom stereocenters. The highest BCUT2D eigenvalue weighted by Crippen LogP contribution is 2.38. The molecule has 1 unspecified atom stereocenters. The topological polar surface area (TPSA) is 68.6 Å². The van der Waals surface area contributed by atoms with Crippen molar-refractivity contribution in [3.05, 3.63) is 27.9 Å². The summed E-state index contributed by atoms with van der Waals surface area (Å²) in [7, 11) is 1.58. The lowest BCUT2D eigenvalue weighted by atomic mass is 10.1. The van der Waals surface area contributed by atoms with Crippen molar-refractivity contribution < 1.29 is 14.3 Å². The monoisotopic (exact) mass is 299 g/mol. The number of ether oxygens (including phenoxy) is 1. The number of furan rings is 1. The Kier molecular flexibility index (Phi) is 3.42. The molecule has 0 aliphatic carbocycles. The van der Waals surface area contributed by atoms with E-state index in [-0.39, 0.29) is 6.61 Å². The van der Waals surface area contributed by atoms with Gasteiger partial charge < -0.3 is 20.0 Å². The molecule has 0 aliphatic rings. The largest absolute Gasteiger partial charge is 0.493 e. The molecule has 0 spiro atoms. The summed E-state index contributed by atoms with van der Waals surface area (Å²) in [6.07, 6.45) is 0. The second-order valence-electron chi connectivity index (χ2n) is 3.87. The molecule has 4 nitrogen and oxygen atoms in total. The van der Waals surface area contributed by atoms with E-state index in [1.54, 1.807) is 13.2 Å². The smallest absolute Gasteiger partial charge is 0.177 e. The van der Waals surface area contributed by atoms with Gasteiger partial charge in [0.15, 0.2) is 11.3 Å². The van der Waals surface area contributed by atoms with Crippen molar-refractivity contribution in [1.29, 1.82) is 0 Å². The molecule has 92 valence electrons. The van der Waals surface area contributed by atoms with Gasteiger partial charge in [-0.3, -0.25) is 0 Å². The first-order valence-electron chi connectivity index (χ1n) is 5.21. The van der Waals surface area contributed by atoms with Crippen molar-refractivity contribution in [2.45, 2.75) is 13.0 Å². The molecule has 0 bridgehead atoms. The van der Waals surface area contributed by atoms with Gasteiger partial charge in [-0.05, 0) is 40.5 Å². The number of hydrogen-bond acceptors (Lipinski definition) is 4. The molecule has 3 N–H and O–H groups in total. The number of aryl methyl sites for hydroxylation is 1. The van der Waals surface area contributed by atoms with E-state index >= 15 is 0 Å². The third-order valence-corrected chi connectivity index (χ3v) is 3.56. The first-order chi connectivity index (χ1) is 8.08. The van der Waals surface area contributed by atoms with Crippen LogP contribution in [0.5, 0.6) is 5.75 Å². The van der Waals surface area contributed by atoms with Crippen LogP contribution < -0.4 is 10.5 Å². The minimum atomic E-state index is -0.446. The molecular formula is C12H14BrNO3. The minimum absolute atomic E-state index is 0.121. The summed E-state index contributed by atoms with van der Waals surface area (Å²) < 4.78 is 11.7. The molecule has 0 saturated heterocycles. The molecule has 2 rings (SSSR count). The number of aliphatic hydroxyl groups is 1. The second kappa shape index (κ2) is 4.68. The normalized spacial score (nSPS) is 13.0. The molecule has 0 radical (unpaired) electrons. The Morgan fingerprint density at radius 3 is 2.82 bits per heavy atom. The van der Waals surface area contributed by atoms with Gasteiger partial charge in [0.05, 0.1) is 19.8 Å². The Hall–Kier alpha value is -1.04. The first-order valence-corrected chi connectivity index (χ1v) is 6.00. The Labute approximate surface area is 107 Å². The maximum absolute atomic E-state index is 9.14. The van der Waals surface area contributed by atoms with Gasteiger partial charge >= 0.3 is 0 Å². The van der Waals surface area contributed by atoms with E-state index in [9.17, 15) is 0 Å². The number of hydrogen-bond donors (Lipinski definition) is 2. The van der Waals surface area contributed by atoms with Crippen LogP contribution in [-0.2, 0) is 0 Å². The van der Waals surface area contributed by atoms with Gasteiger partial charge in [-0.25, -0.2) is 0 Å². The van der Waals surface area contributed by atoms with Crippen molar-refractivity contribution in [3.8, 4) is 5.75 Å². The molecular weight excluding hydrogens is 286 g/mol. The lowest BCUT2D eigenvalue weighted by Gasteiger charge is -2.13. The van der Waals surface area contributed by atoms with Gasteiger partial charge in [-0.2, -0.15) is 0 Å². The summed E-state index contributed by atoms with van der Waals surface area (Å²) in [5.74, 6) is 1.42. The molecule has 0 saturated carbocycles. The highest BCUT2D eigenvalue weighted by Gasteiger charge is 2.18. The lowest BCUT2D eigenvalue weighted by Crippen LogP contribution is -2.15. The predicted molar refractivity (Wildman–Crippen MR) is 69.2 cm³/mol. The maximum atomic E-state index is 9.14. The van der Waals surface area contributed by atoms with Crippen LogP contribution in [0.25, 0.3) is 11.0 Å². The maximum Gasteiger partial charge on any atom is 0.177 e. The van der Waals surface area contributed by atoms with Crippen molar-refractivity contribution in [2.24, 2.45) is 5.73 Å². The van der Waals surface area contributed by atoms with E-state index in [4.69, 9.17) is 20.0 Å². The molecule has 5 heteroatoms. The standard InChI is InChI=1S/C12H14BrNO3/c1-6-3-8-11(13)7(9(14)5-15)4-10(16-2)12(8)17-6/h3-4,9,15H,5,14H2,1-2H3. The summed E-state index contributed by atoms with van der Waals surface area (Å²) in [5, 5.41) is 10.0. The van der Waals surface area contributed by atoms with Crippen molar-refractivity contribution in [3.63, 3.8) is 0 Å². The minimum Gasteiger partial charge on any atom is -0.493 e. The summed E-state index contributed by atoms with van der Waals surface area (Å²) in [4.78, 5) is 0. The van der Waals surface area contributed by atoms with Gasteiger partial charge in [0.2, 0.25) is 0 Å². The Morgan fingerprint density at radius 1 is 1.53 bits per heavy atom. The fourth-order valence-corrected chi connectivity index (χ4v) is 2.51. The van der Waals surface area contributed by atoms with Crippen LogP contribution in [0.4, 0.5) is 0 Å². The van der Waals surface area contributed by atoms with Gasteiger partial charge in [-0.1, -0.05) is 0 Å². The summed E-state index contributed by atoms with van der Waals surface area (Å²) in [5.41, 5.74) is 7.34. The molecule has 0 fully saturated rings. The number of fused-ring (bicyclic) bond motifs is 1. The Bertz CT molecular complexity index is 550. The molecule has 1 aromatic heterocycles. The number of aliphatic hydroxyl groups excluding tert-OH is 1. The van der Waals surface area contributed by atoms with E-state index in [0.29, 0.717) is 11.3 Å². The fourth-order valence-electron chi connectivity index (χ4n) is 1.81. The third kappa shape index (κ3) is 2.06.